The van der Waals surface area contributed by atoms with Gasteiger partial charge in [0, 0.05) is 54.8 Å². The second-order valence-electron chi connectivity index (χ2n) is 14.3. The molecule has 1 aromatic heterocycles. The van der Waals surface area contributed by atoms with Crippen molar-refractivity contribution in [1.82, 2.24) is 4.98 Å². The molecule has 3 aromatic carbocycles. The van der Waals surface area contributed by atoms with Crippen LogP contribution in [0.2, 0.25) is 19.6 Å². The van der Waals surface area contributed by atoms with E-state index in [1.54, 1.807) is 6.92 Å². The molecule has 1 aliphatic heterocycles. The molecule has 4 aromatic rings. The summed E-state index contributed by atoms with van der Waals surface area (Å²) < 4.78 is 43.8. The third-order valence-corrected chi connectivity index (χ3v) is 11.3. The maximum absolute atomic E-state index is 12.4. The predicted molar refractivity (Wildman–Crippen MR) is 194 cm³/mol. The molecule has 1 radical (unpaired) electrons. The molecule has 0 spiro atoms. The summed E-state index contributed by atoms with van der Waals surface area (Å²) in [6.07, 6.45) is -1.17. The average Bonchev–Trinajstić information content (AvgIpc) is 3.03. The molecule has 49 heavy (non-hydrogen) atoms. The fourth-order valence-electron chi connectivity index (χ4n) is 6.42. The molecule has 0 saturated carbocycles. The minimum Gasteiger partial charge on any atom is -0.512 e. The van der Waals surface area contributed by atoms with Crippen molar-refractivity contribution in [2.45, 2.75) is 99.5 Å². The SMILES string of the molecule is CC(C)Cc1c2c([c-]c3ccccc13)-c1nccc3cc([Si](C)(C)C)cc(c13)O2.CCC(CC(F)(F)F)C(=O)/C(C)=C(\O)C(CC)CC.[Ir]. The average molecular weight is 869 g/mol. The van der Waals surface area contributed by atoms with Crippen molar-refractivity contribution in [3.05, 3.63) is 71.6 Å². The van der Waals surface area contributed by atoms with Crippen LogP contribution >= 0.6 is 0 Å². The number of ketones is 1. The summed E-state index contributed by atoms with van der Waals surface area (Å²) in [6.45, 7) is 18.4. The van der Waals surface area contributed by atoms with Crippen LogP contribution in [0.25, 0.3) is 32.8 Å². The Balaban J connectivity index is 0.000000287. The van der Waals surface area contributed by atoms with Crippen LogP contribution in [0.15, 0.2) is 60.0 Å². The number of Topliss-reactive ketones (excluding diaryl/α,β-unsaturated/α-hetero) is 1. The standard InChI is InChI=1S/C26H26NOSi.C14H23F3O2.Ir/c1-16(2)12-21-20-9-7-6-8-17(20)14-22-25-24-18(10-11-27-25)13-19(29(3,4)5)15-23(24)28-26(21)22;1-5-10(6-2)12(18)9(4)13(19)11(7-3)8-14(15,16)17;/h6-11,13,15-16H,12H2,1-5H3;10-11,18H,5-8H2,1-4H3;/q-1;;/b;12-9-;. The maximum atomic E-state index is 12.4. The van der Waals surface area contributed by atoms with E-state index in [0.717, 1.165) is 39.9 Å². The Morgan fingerprint density at radius 3 is 2.20 bits per heavy atom. The Morgan fingerprint density at radius 1 is 1.00 bits per heavy atom. The Kier molecular flexibility index (Phi) is 13.5. The van der Waals surface area contributed by atoms with Gasteiger partial charge in [-0.15, -0.1) is 17.5 Å². The van der Waals surface area contributed by atoms with Crippen LogP contribution < -0.4 is 9.92 Å². The number of carbonyl (C=O) groups is 1. The van der Waals surface area contributed by atoms with Gasteiger partial charge in [0.1, 0.15) is 11.5 Å². The molecule has 0 aliphatic carbocycles. The molecular weight excluding hydrogens is 820 g/mol. The molecule has 1 atom stereocenters. The Hall–Kier alpha value is -3.00. The van der Waals surface area contributed by atoms with Crippen LogP contribution in [-0.2, 0) is 31.3 Å². The summed E-state index contributed by atoms with van der Waals surface area (Å²) in [4.78, 5) is 16.8. The number of benzene rings is 3. The molecule has 1 unspecified atom stereocenters. The van der Waals surface area contributed by atoms with E-state index in [1.807, 2.05) is 20.0 Å². The molecule has 1 N–H and O–H groups in total. The molecular formula is C40H49F3IrNO3Si-. The van der Waals surface area contributed by atoms with Gasteiger partial charge in [0.05, 0.1) is 20.2 Å². The van der Waals surface area contributed by atoms with Gasteiger partial charge in [-0.25, -0.2) is 0 Å². The zero-order valence-corrected chi connectivity index (χ0v) is 33.5. The second-order valence-corrected chi connectivity index (χ2v) is 19.4. The first-order valence-electron chi connectivity index (χ1n) is 17.1. The summed E-state index contributed by atoms with van der Waals surface area (Å²) >= 11 is 0. The smallest absolute Gasteiger partial charge is 0.389 e. The quantitative estimate of drug-likeness (QED) is 0.0657. The first-order chi connectivity index (χ1) is 22.5. The van der Waals surface area contributed by atoms with Gasteiger partial charge in [-0.2, -0.15) is 13.2 Å². The Bertz CT molecular complexity index is 1820. The van der Waals surface area contributed by atoms with Crippen molar-refractivity contribution in [2.24, 2.45) is 17.8 Å². The van der Waals surface area contributed by atoms with E-state index in [1.165, 1.54) is 28.4 Å². The van der Waals surface area contributed by atoms with Crippen LogP contribution in [0.3, 0.4) is 0 Å². The molecule has 0 fully saturated rings. The first-order valence-corrected chi connectivity index (χ1v) is 20.6. The van der Waals surface area contributed by atoms with Crippen molar-refractivity contribution in [2.75, 3.05) is 0 Å². The van der Waals surface area contributed by atoms with Gasteiger partial charge in [0.25, 0.3) is 0 Å². The monoisotopic (exact) mass is 869 g/mol. The van der Waals surface area contributed by atoms with Crippen molar-refractivity contribution in [1.29, 1.82) is 0 Å². The molecule has 0 amide bonds. The molecule has 5 rings (SSSR count). The van der Waals surface area contributed by atoms with Gasteiger partial charge in [0.2, 0.25) is 0 Å². The van der Waals surface area contributed by atoms with Crippen LogP contribution in [0.1, 0.15) is 72.8 Å². The maximum Gasteiger partial charge on any atom is 0.389 e. The van der Waals surface area contributed by atoms with Crippen molar-refractivity contribution in [3.8, 4) is 22.8 Å². The van der Waals surface area contributed by atoms with E-state index in [2.05, 4.69) is 82.0 Å². The Labute approximate surface area is 303 Å². The molecule has 0 bridgehead atoms. The fourth-order valence-corrected chi connectivity index (χ4v) is 7.57. The summed E-state index contributed by atoms with van der Waals surface area (Å²) in [5.41, 5.74) is 3.34. The number of rotatable bonds is 10. The third kappa shape index (κ3) is 9.22. The van der Waals surface area contributed by atoms with E-state index < -0.39 is 32.4 Å². The van der Waals surface area contributed by atoms with E-state index >= 15 is 0 Å². The number of aromatic nitrogens is 1. The molecule has 0 saturated heterocycles. The predicted octanol–water partition coefficient (Wildman–Crippen LogP) is 11.5. The number of halogens is 3. The summed E-state index contributed by atoms with van der Waals surface area (Å²) in [7, 11) is -1.47. The number of fused-ring (bicyclic) bond motifs is 3. The number of aliphatic hydroxyl groups is 1. The van der Waals surface area contributed by atoms with Crippen molar-refractivity contribution >= 4 is 40.6 Å². The Morgan fingerprint density at radius 2 is 1.63 bits per heavy atom. The van der Waals surface area contributed by atoms with Crippen LogP contribution in [-0.4, -0.2) is 30.1 Å². The number of aliphatic hydroxyl groups excluding tert-OH is 1. The van der Waals surface area contributed by atoms with E-state index in [9.17, 15) is 23.1 Å². The van der Waals surface area contributed by atoms with E-state index in [4.69, 9.17) is 9.72 Å². The van der Waals surface area contributed by atoms with Gasteiger partial charge in [0.15, 0.2) is 5.78 Å². The van der Waals surface area contributed by atoms with E-state index in [0.29, 0.717) is 18.8 Å². The van der Waals surface area contributed by atoms with Crippen molar-refractivity contribution in [3.63, 3.8) is 0 Å². The minimum atomic E-state index is -4.36. The number of pyridine rings is 1. The zero-order valence-electron chi connectivity index (χ0n) is 30.1. The number of nitrogens with zero attached hydrogens (tertiary/aromatic N) is 1. The largest absolute Gasteiger partial charge is 0.512 e. The number of allylic oxidation sites excluding steroid dienone is 2. The topological polar surface area (TPSA) is 59.4 Å². The molecule has 2 heterocycles. The number of alkyl halides is 3. The summed E-state index contributed by atoms with van der Waals surface area (Å²) in [5, 5.41) is 16.1. The molecule has 9 heteroatoms. The summed E-state index contributed by atoms with van der Waals surface area (Å²) in [5.74, 6) is 0.512. The second kappa shape index (κ2) is 16.3. The molecule has 267 valence electrons. The third-order valence-electron chi connectivity index (χ3n) is 9.23. The first kappa shape index (κ1) is 40.4. The summed E-state index contributed by atoms with van der Waals surface area (Å²) in [6, 6.07) is 18.8. The fraction of sp³-hybridized carbons (Fsp3) is 0.450. The normalized spacial score (nSPS) is 13.7. The molecule has 1 aliphatic rings. The van der Waals surface area contributed by atoms with Gasteiger partial charge < -0.3 is 9.84 Å². The number of hydrogen-bond acceptors (Lipinski definition) is 4. The van der Waals surface area contributed by atoms with Gasteiger partial charge in [-0.1, -0.05) is 100 Å². The zero-order chi connectivity index (χ0) is 35.6. The van der Waals surface area contributed by atoms with Gasteiger partial charge >= 0.3 is 6.18 Å². The van der Waals surface area contributed by atoms with Gasteiger partial charge in [-0.05, 0) is 56.0 Å². The van der Waals surface area contributed by atoms with Crippen LogP contribution in [0.5, 0.6) is 11.5 Å². The molecule has 4 nitrogen and oxygen atoms in total. The van der Waals surface area contributed by atoms with Crippen LogP contribution in [0.4, 0.5) is 13.2 Å². The van der Waals surface area contributed by atoms with E-state index in [-0.39, 0.29) is 43.8 Å². The number of ether oxygens (including phenoxy) is 1. The minimum absolute atomic E-state index is 0. The number of hydrogen-bond donors (Lipinski definition) is 1. The van der Waals surface area contributed by atoms with Gasteiger partial charge in [-0.3, -0.25) is 9.78 Å². The van der Waals surface area contributed by atoms with Crippen LogP contribution in [0, 0.1) is 23.8 Å². The number of carbonyl (C=O) groups excluding carboxylic acids is 1. The van der Waals surface area contributed by atoms with Crippen molar-refractivity contribution < 1.29 is 47.9 Å².